The van der Waals surface area contributed by atoms with E-state index in [0.29, 0.717) is 31.3 Å². The van der Waals surface area contributed by atoms with Gasteiger partial charge in [0.05, 0.1) is 5.19 Å². The number of rotatable bonds is 12. The predicted octanol–water partition coefficient (Wildman–Crippen LogP) is 5.47. The molecule has 0 heterocycles. The average Bonchev–Trinajstić information content (AvgIpc) is 2.61. The monoisotopic (exact) mass is 426 g/mol. The van der Waals surface area contributed by atoms with Crippen LogP contribution in [0.5, 0.6) is 11.5 Å². The summed E-state index contributed by atoms with van der Waals surface area (Å²) in [6.45, 7) is 20.1. The van der Waals surface area contributed by atoms with E-state index >= 15 is 0 Å². The van der Waals surface area contributed by atoms with Crippen molar-refractivity contribution in [2.24, 2.45) is 0 Å². The molecule has 0 aliphatic carbocycles. The highest BCUT2D eigenvalue weighted by molar-refractivity contribution is 6.76. The molecule has 1 aromatic carbocycles. The van der Waals surface area contributed by atoms with Crippen LogP contribution in [0.4, 0.5) is 0 Å². The maximum atomic E-state index is 6.43. The van der Waals surface area contributed by atoms with Crippen LogP contribution < -0.4 is 14.7 Å². The molecule has 5 nitrogen and oxygen atoms in total. The van der Waals surface area contributed by atoms with Gasteiger partial charge in [0.25, 0.3) is 0 Å². The summed E-state index contributed by atoms with van der Waals surface area (Å²) in [7, 11) is -3.19. The fourth-order valence-electron chi connectivity index (χ4n) is 2.65. The van der Waals surface area contributed by atoms with Gasteiger partial charge in [0, 0.05) is 19.8 Å². The first-order valence-corrected chi connectivity index (χ1v) is 12.6. The smallest absolute Gasteiger partial charge is 0.484 e. The van der Waals surface area contributed by atoms with Gasteiger partial charge in [-0.1, -0.05) is 32.9 Å². The third kappa shape index (κ3) is 8.66. The van der Waals surface area contributed by atoms with Crippen molar-refractivity contribution >= 4 is 14.0 Å². The van der Waals surface area contributed by atoms with E-state index in [1.165, 1.54) is 0 Å². The molecule has 1 rings (SSSR count). The van der Waals surface area contributed by atoms with Gasteiger partial charge in [-0.2, -0.15) is 0 Å². The summed E-state index contributed by atoms with van der Waals surface area (Å²) in [5, 5.41) is 0.838. The van der Waals surface area contributed by atoms with Gasteiger partial charge in [-0.15, -0.1) is 0 Å². The van der Waals surface area contributed by atoms with Crippen LogP contribution in [-0.2, 0) is 13.3 Å². The van der Waals surface area contributed by atoms with E-state index in [0.717, 1.165) is 24.4 Å². The molecule has 0 amide bonds. The molecule has 0 aliphatic heterocycles. The lowest BCUT2D eigenvalue weighted by Gasteiger charge is -2.34. The van der Waals surface area contributed by atoms with Gasteiger partial charge >= 0.3 is 8.80 Å². The Bertz CT molecular complexity index is 582. The summed E-state index contributed by atoms with van der Waals surface area (Å²) in [6.07, 6.45) is 2.65. The normalized spacial score (nSPS) is 12.9. The van der Waals surface area contributed by atoms with Crippen molar-refractivity contribution < 1.29 is 22.8 Å². The quantitative estimate of drug-likeness (QED) is 0.415. The number of benzene rings is 1. The highest BCUT2D eigenvalue weighted by Gasteiger charge is 2.47. The number of para-hydroxylation sites is 1. The third-order valence-corrected chi connectivity index (χ3v) is 6.43. The van der Waals surface area contributed by atoms with E-state index in [4.69, 9.17) is 22.8 Å². The van der Waals surface area contributed by atoms with Crippen molar-refractivity contribution in [3.05, 3.63) is 18.2 Å². The van der Waals surface area contributed by atoms with Crippen LogP contribution in [0.25, 0.3) is 0 Å². The van der Waals surface area contributed by atoms with Crippen molar-refractivity contribution in [3.8, 4) is 11.5 Å². The zero-order chi connectivity index (χ0) is 22.1. The third-order valence-electron chi connectivity index (χ3n) is 3.62. The second-order valence-electron chi connectivity index (χ2n) is 9.16. The lowest BCUT2D eigenvalue weighted by atomic mass is 10.1. The fourth-order valence-corrected chi connectivity index (χ4v) is 5.53. The fraction of sp³-hybridized carbons (Fsp3) is 0.739. The van der Waals surface area contributed by atoms with E-state index in [2.05, 4.69) is 20.8 Å². The van der Waals surface area contributed by atoms with E-state index in [-0.39, 0.29) is 5.60 Å². The van der Waals surface area contributed by atoms with Crippen molar-refractivity contribution in [3.63, 3.8) is 0 Å². The summed E-state index contributed by atoms with van der Waals surface area (Å²) in [6, 6.07) is 5.91. The Morgan fingerprint density at radius 2 is 1.14 bits per heavy atom. The molecule has 0 saturated heterocycles. The van der Waals surface area contributed by atoms with Crippen LogP contribution in [0.1, 0.15) is 81.6 Å². The van der Waals surface area contributed by atoms with Crippen LogP contribution >= 0.6 is 0 Å². The molecule has 6 heteroatoms. The van der Waals surface area contributed by atoms with Crippen LogP contribution in [0.2, 0.25) is 0 Å². The minimum Gasteiger partial charge on any atom is -0.484 e. The van der Waals surface area contributed by atoms with E-state index in [1.807, 2.05) is 59.7 Å². The van der Waals surface area contributed by atoms with Crippen molar-refractivity contribution in [1.82, 2.24) is 0 Å². The number of ether oxygens (including phenoxy) is 2. The first kappa shape index (κ1) is 26.0. The maximum absolute atomic E-state index is 6.43. The van der Waals surface area contributed by atoms with Crippen LogP contribution in [-0.4, -0.2) is 39.8 Å². The first-order valence-electron chi connectivity index (χ1n) is 10.9. The molecule has 0 N–H and O–H groups in total. The Balaban J connectivity index is 3.63. The van der Waals surface area contributed by atoms with Gasteiger partial charge in [0.2, 0.25) is 0 Å². The molecule has 0 spiro atoms. The van der Waals surface area contributed by atoms with Gasteiger partial charge in [0.1, 0.15) is 11.2 Å². The Morgan fingerprint density at radius 1 is 0.690 bits per heavy atom. The predicted molar refractivity (Wildman–Crippen MR) is 121 cm³/mol. The topological polar surface area (TPSA) is 46.2 Å². The van der Waals surface area contributed by atoms with Gasteiger partial charge in [0.15, 0.2) is 11.5 Å². The molecule has 0 aromatic heterocycles. The lowest BCUT2D eigenvalue weighted by molar-refractivity contribution is 0.0687. The molecule has 0 unspecified atom stereocenters. The Morgan fingerprint density at radius 3 is 1.52 bits per heavy atom. The van der Waals surface area contributed by atoms with Crippen LogP contribution in [0.15, 0.2) is 18.2 Å². The van der Waals surface area contributed by atoms with Gasteiger partial charge in [-0.05, 0) is 66.9 Å². The molecule has 168 valence electrons. The molecule has 1 aromatic rings. The standard InChI is InChI=1S/C23H42O5Si/c1-10-16-24-29(25-17-11-2,26-18-12-3)20-15-13-14-19(27-22(4,5)6)21(20)28-23(7,8)9/h13-15H,10-12,16-18H2,1-9H3. The highest BCUT2D eigenvalue weighted by atomic mass is 28.4. The van der Waals surface area contributed by atoms with Crippen molar-refractivity contribution in [2.75, 3.05) is 19.8 Å². The van der Waals surface area contributed by atoms with Crippen molar-refractivity contribution in [1.29, 1.82) is 0 Å². The zero-order valence-corrected chi connectivity index (χ0v) is 21.0. The summed E-state index contributed by atoms with van der Waals surface area (Å²) in [5.41, 5.74) is -0.774. The Labute approximate surface area is 179 Å². The second kappa shape index (κ2) is 11.3. The van der Waals surface area contributed by atoms with Crippen LogP contribution in [0, 0.1) is 0 Å². The summed E-state index contributed by atoms with van der Waals surface area (Å²) >= 11 is 0. The molecule has 0 radical (unpaired) electrons. The molecule has 29 heavy (non-hydrogen) atoms. The molecule has 0 aliphatic rings. The SMILES string of the molecule is CCCO[Si](OCCC)(OCCC)c1cccc(OC(C)(C)C)c1OC(C)(C)C. The maximum Gasteiger partial charge on any atom is 0.541 e. The Hall–Kier alpha value is -1.08. The van der Waals surface area contributed by atoms with E-state index in [1.54, 1.807) is 0 Å². The summed E-state index contributed by atoms with van der Waals surface area (Å²) in [4.78, 5) is 0. The lowest BCUT2D eigenvalue weighted by Crippen LogP contribution is -2.58. The van der Waals surface area contributed by atoms with Crippen LogP contribution in [0.3, 0.4) is 0 Å². The minimum absolute atomic E-state index is 0.363. The Kier molecular flexibility index (Phi) is 10.2. The largest absolute Gasteiger partial charge is 0.541 e. The molecular formula is C23H42O5Si. The summed E-state index contributed by atoms with van der Waals surface area (Å²) in [5.74, 6) is 1.34. The zero-order valence-electron chi connectivity index (χ0n) is 20.0. The molecular weight excluding hydrogens is 384 g/mol. The number of hydrogen-bond acceptors (Lipinski definition) is 5. The van der Waals surface area contributed by atoms with Gasteiger partial charge in [-0.25, -0.2) is 0 Å². The highest BCUT2D eigenvalue weighted by Crippen LogP contribution is 2.34. The minimum atomic E-state index is -3.19. The molecule has 0 bridgehead atoms. The van der Waals surface area contributed by atoms with E-state index < -0.39 is 14.4 Å². The average molecular weight is 427 g/mol. The van der Waals surface area contributed by atoms with Crippen molar-refractivity contribution in [2.45, 2.75) is 92.8 Å². The van der Waals surface area contributed by atoms with E-state index in [9.17, 15) is 0 Å². The molecule has 0 saturated carbocycles. The number of hydrogen-bond donors (Lipinski definition) is 0. The molecule has 0 fully saturated rings. The molecule has 0 atom stereocenters. The van der Waals surface area contributed by atoms with Gasteiger partial charge < -0.3 is 22.8 Å². The van der Waals surface area contributed by atoms with Gasteiger partial charge in [-0.3, -0.25) is 0 Å². The summed E-state index contributed by atoms with van der Waals surface area (Å²) < 4.78 is 31.8. The second-order valence-corrected chi connectivity index (χ2v) is 11.7. The first-order chi connectivity index (χ1) is 13.5.